The van der Waals surface area contributed by atoms with Gasteiger partial charge in [-0.1, -0.05) is 19.3 Å². The number of guanidine groups is 1. The molecule has 2 heterocycles. The van der Waals surface area contributed by atoms with Crippen LogP contribution in [-0.2, 0) is 4.74 Å². The lowest BCUT2D eigenvalue weighted by Crippen LogP contribution is -2.53. The molecule has 3 rings (SSSR count). The van der Waals surface area contributed by atoms with Gasteiger partial charge in [0.15, 0.2) is 5.96 Å². The molecule has 0 radical (unpaired) electrons. The predicted molar refractivity (Wildman–Crippen MR) is 108 cm³/mol. The number of thioether (sulfide) groups is 1. The number of nitrogens with zero attached hydrogens (tertiary/aromatic N) is 3. The lowest BCUT2D eigenvalue weighted by Gasteiger charge is -2.45. The van der Waals surface area contributed by atoms with Crippen LogP contribution in [0.4, 0.5) is 0 Å². The molecule has 0 amide bonds. The number of unbranched alkanes of at least 4 members (excludes halogenated alkanes) is 1. The van der Waals surface area contributed by atoms with Crippen LogP contribution in [0.15, 0.2) is 4.99 Å². The van der Waals surface area contributed by atoms with Crippen LogP contribution < -0.4 is 5.32 Å². The van der Waals surface area contributed by atoms with Gasteiger partial charge in [0.1, 0.15) is 0 Å². The average Bonchev–Trinajstić information content (AvgIpc) is 2.66. The fraction of sp³-hybridized carbons (Fsp3) is 0.947. The summed E-state index contributed by atoms with van der Waals surface area (Å²) in [6, 6.07) is 0. The van der Waals surface area contributed by atoms with Crippen molar-refractivity contribution >= 4 is 17.7 Å². The van der Waals surface area contributed by atoms with E-state index in [2.05, 4.69) is 31.9 Å². The van der Waals surface area contributed by atoms with Gasteiger partial charge in [0, 0.05) is 50.3 Å². The first-order valence-electron chi connectivity index (χ1n) is 10.2. The molecular weight excluding hydrogens is 332 g/mol. The van der Waals surface area contributed by atoms with Crippen molar-refractivity contribution in [3.63, 3.8) is 0 Å². The molecule has 2 aliphatic heterocycles. The summed E-state index contributed by atoms with van der Waals surface area (Å²) >= 11 is 2.23. The second-order valence-corrected chi connectivity index (χ2v) is 9.21. The Kier molecular flexibility index (Phi) is 7.74. The molecule has 3 aliphatic rings. The van der Waals surface area contributed by atoms with Gasteiger partial charge in [-0.15, -0.1) is 0 Å². The molecule has 0 bridgehead atoms. The van der Waals surface area contributed by atoms with E-state index in [-0.39, 0.29) is 0 Å². The second kappa shape index (κ2) is 10.0. The van der Waals surface area contributed by atoms with Gasteiger partial charge in [-0.2, -0.15) is 11.8 Å². The van der Waals surface area contributed by atoms with Gasteiger partial charge in [-0.25, -0.2) is 0 Å². The molecule has 3 fully saturated rings. The Labute approximate surface area is 157 Å². The summed E-state index contributed by atoms with van der Waals surface area (Å²) in [5, 5.41) is 3.62. The van der Waals surface area contributed by atoms with Crippen LogP contribution in [0, 0.1) is 0 Å². The maximum atomic E-state index is 5.41. The molecule has 1 spiro atoms. The van der Waals surface area contributed by atoms with Crippen molar-refractivity contribution in [1.82, 2.24) is 15.1 Å². The summed E-state index contributed by atoms with van der Waals surface area (Å²) < 4.78 is 5.92. The number of nitrogens with one attached hydrogen (secondary N) is 1. The van der Waals surface area contributed by atoms with Crippen molar-refractivity contribution in [3.8, 4) is 0 Å². The van der Waals surface area contributed by atoms with Gasteiger partial charge in [0.05, 0.1) is 13.2 Å². The minimum atomic E-state index is 0.504. The largest absolute Gasteiger partial charge is 0.379 e. The quantitative estimate of drug-likeness (QED) is 0.458. The number of aliphatic imine (C=N–C) groups is 1. The van der Waals surface area contributed by atoms with E-state index in [1.165, 1.54) is 63.8 Å². The van der Waals surface area contributed by atoms with Crippen molar-refractivity contribution in [2.75, 3.05) is 65.3 Å². The van der Waals surface area contributed by atoms with E-state index >= 15 is 0 Å². The maximum absolute atomic E-state index is 5.41. The molecule has 1 N–H and O–H groups in total. The van der Waals surface area contributed by atoms with Crippen LogP contribution >= 0.6 is 11.8 Å². The van der Waals surface area contributed by atoms with Crippen LogP contribution in [0.25, 0.3) is 0 Å². The highest BCUT2D eigenvalue weighted by molar-refractivity contribution is 8.00. The third-order valence-corrected chi connectivity index (χ3v) is 7.35. The minimum absolute atomic E-state index is 0.504. The van der Waals surface area contributed by atoms with Crippen molar-refractivity contribution in [2.24, 2.45) is 4.99 Å². The first kappa shape index (κ1) is 19.3. The molecule has 144 valence electrons. The molecule has 0 aromatic rings. The zero-order chi connectivity index (χ0) is 17.4. The number of hydrogen-bond acceptors (Lipinski definition) is 4. The maximum Gasteiger partial charge on any atom is 0.193 e. The van der Waals surface area contributed by atoms with Gasteiger partial charge < -0.3 is 15.0 Å². The normalized spacial score (nSPS) is 25.3. The number of rotatable bonds is 5. The van der Waals surface area contributed by atoms with Crippen LogP contribution in [0.2, 0.25) is 0 Å². The lowest BCUT2D eigenvalue weighted by atomic mass is 9.87. The predicted octanol–water partition coefficient (Wildman–Crippen LogP) is 2.43. The molecule has 2 saturated heterocycles. The standard InChI is InChI=1S/C19H36N4OS/c1-20-18(21-9-5-6-10-22-11-14-24-15-12-22)23-13-16-25-19(17-23)7-3-2-4-8-19/h2-17H2,1H3,(H,20,21). The second-order valence-electron chi connectivity index (χ2n) is 7.65. The highest BCUT2D eigenvalue weighted by Gasteiger charge is 2.38. The van der Waals surface area contributed by atoms with Crippen molar-refractivity contribution < 1.29 is 4.74 Å². The molecule has 1 saturated carbocycles. The van der Waals surface area contributed by atoms with Crippen LogP contribution in [0.1, 0.15) is 44.9 Å². The molecule has 0 atom stereocenters. The summed E-state index contributed by atoms with van der Waals surface area (Å²) in [4.78, 5) is 9.61. The molecule has 25 heavy (non-hydrogen) atoms. The fourth-order valence-corrected chi connectivity index (χ4v) is 5.91. The number of hydrogen-bond donors (Lipinski definition) is 1. The Balaban J connectivity index is 1.37. The van der Waals surface area contributed by atoms with E-state index < -0.39 is 0 Å². The highest BCUT2D eigenvalue weighted by Crippen LogP contribution is 2.42. The summed E-state index contributed by atoms with van der Waals surface area (Å²) in [5.74, 6) is 2.37. The fourth-order valence-electron chi connectivity index (χ4n) is 4.34. The summed E-state index contributed by atoms with van der Waals surface area (Å²) in [6.45, 7) is 8.57. The van der Waals surface area contributed by atoms with E-state index in [0.29, 0.717) is 4.75 Å². The Morgan fingerprint density at radius 2 is 1.92 bits per heavy atom. The number of morpholine rings is 1. The van der Waals surface area contributed by atoms with E-state index in [9.17, 15) is 0 Å². The third kappa shape index (κ3) is 5.76. The van der Waals surface area contributed by atoms with E-state index in [1.54, 1.807) is 0 Å². The number of ether oxygens (including phenoxy) is 1. The van der Waals surface area contributed by atoms with Crippen LogP contribution in [0.3, 0.4) is 0 Å². The van der Waals surface area contributed by atoms with Crippen molar-refractivity contribution in [2.45, 2.75) is 49.7 Å². The van der Waals surface area contributed by atoms with E-state index in [1.807, 2.05) is 7.05 Å². The average molecular weight is 369 g/mol. The molecule has 0 aromatic heterocycles. The minimum Gasteiger partial charge on any atom is -0.379 e. The van der Waals surface area contributed by atoms with Crippen molar-refractivity contribution in [3.05, 3.63) is 0 Å². The van der Waals surface area contributed by atoms with Crippen LogP contribution in [0.5, 0.6) is 0 Å². The highest BCUT2D eigenvalue weighted by atomic mass is 32.2. The topological polar surface area (TPSA) is 40.1 Å². The molecule has 1 aliphatic carbocycles. The summed E-state index contributed by atoms with van der Waals surface area (Å²) in [6.07, 6.45) is 9.50. The summed E-state index contributed by atoms with van der Waals surface area (Å²) in [5.41, 5.74) is 0. The monoisotopic (exact) mass is 368 g/mol. The lowest BCUT2D eigenvalue weighted by molar-refractivity contribution is 0.0372. The molecule has 0 aromatic carbocycles. The smallest absolute Gasteiger partial charge is 0.193 e. The Hall–Kier alpha value is -0.460. The van der Waals surface area contributed by atoms with E-state index in [0.717, 1.165) is 45.4 Å². The van der Waals surface area contributed by atoms with Gasteiger partial charge in [0.2, 0.25) is 0 Å². The third-order valence-electron chi connectivity index (χ3n) is 5.81. The van der Waals surface area contributed by atoms with Crippen molar-refractivity contribution in [1.29, 1.82) is 0 Å². The van der Waals surface area contributed by atoms with Gasteiger partial charge >= 0.3 is 0 Å². The van der Waals surface area contributed by atoms with Gasteiger partial charge in [-0.3, -0.25) is 9.89 Å². The first-order chi connectivity index (χ1) is 12.3. The Morgan fingerprint density at radius 3 is 2.68 bits per heavy atom. The Morgan fingerprint density at radius 1 is 1.12 bits per heavy atom. The Bertz CT molecular complexity index is 414. The zero-order valence-corrected chi connectivity index (χ0v) is 16.8. The molecular formula is C19H36N4OS. The first-order valence-corrected chi connectivity index (χ1v) is 11.2. The van der Waals surface area contributed by atoms with E-state index in [4.69, 9.17) is 4.74 Å². The molecule has 6 heteroatoms. The molecule has 5 nitrogen and oxygen atoms in total. The van der Waals surface area contributed by atoms with Crippen LogP contribution in [-0.4, -0.2) is 85.8 Å². The molecule has 0 unspecified atom stereocenters. The SMILES string of the molecule is CN=C(NCCCCN1CCOCC1)N1CCSC2(CCCCC2)C1. The zero-order valence-electron chi connectivity index (χ0n) is 16.0. The summed E-state index contributed by atoms with van der Waals surface area (Å²) in [7, 11) is 1.94. The van der Waals surface area contributed by atoms with Gasteiger partial charge in [-0.05, 0) is 32.2 Å². The van der Waals surface area contributed by atoms with Gasteiger partial charge in [0.25, 0.3) is 0 Å².